The van der Waals surface area contributed by atoms with Crippen molar-refractivity contribution in [2.24, 2.45) is 5.92 Å². The normalized spacial score (nSPS) is 38.5. The zero-order valence-corrected chi connectivity index (χ0v) is 18.4. The number of halogens is 1. The smallest absolute Gasteiger partial charge is 0.237 e. The summed E-state index contributed by atoms with van der Waals surface area (Å²) in [5, 5.41) is 43.5. The van der Waals surface area contributed by atoms with Crippen molar-refractivity contribution in [3.63, 3.8) is 0 Å². The van der Waals surface area contributed by atoms with E-state index in [1.165, 1.54) is 18.7 Å². The molecule has 0 aromatic heterocycles. The molecular weight excluding hydrogens is 408 g/mol. The van der Waals surface area contributed by atoms with Crippen molar-refractivity contribution >= 4 is 17.7 Å². The average molecular weight is 442 g/mol. The second kappa shape index (κ2) is 11.3. The molecule has 0 radical (unpaired) electrons. The number of likely N-dealkylation sites (N-methyl/N-ethyl adjacent to an activating group) is 1. The van der Waals surface area contributed by atoms with Crippen LogP contribution in [0.25, 0.3) is 0 Å². The van der Waals surface area contributed by atoms with Crippen LogP contribution in [0.2, 0.25) is 0 Å². The first-order valence-corrected chi connectivity index (χ1v) is 10.9. The van der Waals surface area contributed by atoms with E-state index in [1.54, 1.807) is 6.26 Å². The highest BCUT2D eigenvalue weighted by Crippen LogP contribution is 2.30. The van der Waals surface area contributed by atoms with Gasteiger partial charge in [0.2, 0.25) is 5.91 Å². The van der Waals surface area contributed by atoms with Crippen LogP contribution in [0.15, 0.2) is 0 Å². The molecule has 2 rings (SSSR count). The molecule has 8 nitrogen and oxygen atoms in total. The minimum absolute atomic E-state index is 0. The van der Waals surface area contributed by atoms with Gasteiger partial charge in [-0.3, -0.25) is 9.69 Å². The molecule has 2 aliphatic rings. The summed E-state index contributed by atoms with van der Waals surface area (Å²) >= 11 is 1.20. The fraction of sp³-hybridized carbons (Fsp3) is 0.944. The molecule has 166 valence electrons. The molecule has 0 unspecified atom stereocenters. The number of aliphatic hydroxyl groups is 4. The number of likely N-dealkylation sites (tertiary alicyclic amines) is 1. The number of carbonyl (C=O) groups is 1. The van der Waals surface area contributed by atoms with E-state index in [0.717, 1.165) is 25.8 Å². The first-order chi connectivity index (χ1) is 12.7. The van der Waals surface area contributed by atoms with Crippen LogP contribution in [-0.4, -0.2) is 99.1 Å². The average Bonchev–Trinajstić information content (AvgIpc) is 2.99. The molecule has 9 atom stereocenters. The summed E-state index contributed by atoms with van der Waals surface area (Å²) in [7, 11) is 1.91. The number of thioether (sulfide) groups is 1. The number of carbonyl (C=O) groups excluding carboxylic acids is 1. The Kier molecular flexibility index (Phi) is 10.5. The molecular formula is C18H34ClN2O6S-. The summed E-state index contributed by atoms with van der Waals surface area (Å²) in [4.78, 5) is 14.9. The fourth-order valence-corrected chi connectivity index (χ4v) is 4.81. The summed E-state index contributed by atoms with van der Waals surface area (Å²) in [6.07, 6.45) is -1.50. The maximum Gasteiger partial charge on any atom is 0.237 e. The van der Waals surface area contributed by atoms with E-state index in [-0.39, 0.29) is 24.4 Å². The lowest BCUT2D eigenvalue weighted by atomic mass is 9.92. The van der Waals surface area contributed by atoms with Gasteiger partial charge in [0.05, 0.1) is 18.2 Å². The van der Waals surface area contributed by atoms with Crippen LogP contribution in [-0.2, 0) is 9.53 Å². The number of rotatable bonds is 7. The van der Waals surface area contributed by atoms with E-state index in [9.17, 15) is 25.2 Å². The number of aliphatic hydroxyl groups excluding tert-OH is 4. The Morgan fingerprint density at radius 3 is 2.46 bits per heavy atom. The van der Waals surface area contributed by atoms with E-state index >= 15 is 0 Å². The molecule has 2 aliphatic heterocycles. The Balaban J connectivity index is 0.00000392. The van der Waals surface area contributed by atoms with Crippen LogP contribution < -0.4 is 17.7 Å². The van der Waals surface area contributed by atoms with E-state index in [1.807, 2.05) is 11.9 Å². The SMILES string of the molecule is CCC[C@@H]1C[C@@H](C(=O)N[C@@H]([C@H]2O[C@H](SC)[C@H](O)[C@@H](O)[C@@H]2O)[C@@H](C)O)N(C)C1.[Cl-]. The van der Waals surface area contributed by atoms with Crippen LogP contribution in [0.5, 0.6) is 0 Å². The van der Waals surface area contributed by atoms with Gasteiger partial charge in [0, 0.05) is 6.54 Å². The number of nitrogens with zero attached hydrogens (tertiary/aromatic N) is 1. The summed E-state index contributed by atoms with van der Waals surface area (Å²) in [6, 6.07) is -1.20. The van der Waals surface area contributed by atoms with Crippen molar-refractivity contribution in [2.75, 3.05) is 19.8 Å². The number of hydrogen-bond acceptors (Lipinski definition) is 8. The Morgan fingerprint density at radius 1 is 1.29 bits per heavy atom. The van der Waals surface area contributed by atoms with Crippen molar-refractivity contribution in [2.45, 2.75) is 81.1 Å². The fourth-order valence-electron chi connectivity index (χ4n) is 4.13. The Labute approximate surface area is 177 Å². The highest BCUT2D eigenvalue weighted by atomic mass is 35.5. The minimum atomic E-state index is -1.42. The lowest BCUT2D eigenvalue weighted by molar-refractivity contribution is -0.211. The van der Waals surface area contributed by atoms with Gasteiger partial charge in [-0.15, -0.1) is 11.8 Å². The summed E-state index contributed by atoms with van der Waals surface area (Å²) in [5.41, 5.74) is -0.755. The van der Waals surface area contributed by atoms with Crippen LogP contribution in [0.3, 0.4) is 0 Å². The highest BCUT2D eigenvalue weighted by molar-refractivity contribution is 7.99. The Hall–Kier alpha value is -0.130. The largest absolute Gasteiger partial charge is 1.00 e. The van der Waals surface area contributed by atoms with Gasteiger partial charge in [0.1, 0.15) is 29.9 Å². The van der Waals surface area contributed by atoms with Gasteiger partial charge >= 0.3 is 0 Å². The Bertz CT molecular complexity index is 501. The molecule has 0 spiro atoms. The van der Waals surface area contributed by atoms with Gasteiger partial charge in [-0.2, -0.15) is 0 Å². The third kappa shape index (κ3) is 5.72. The zero-order chi connectivity index (χ0) is 20.3. The molecule has 0 aromatic rings. The highest BCUT2D eigenvalue weighted by Gasteiger charge is 2.48. The molecule has 2 heterocycles. The van der Waals surface area contributed by atoms with Gasteiger partial charge in [-0.05, 0) is 39.0 Å². The first kappa shape index (κ1) is 25.9. The maximum atomic E-state index is 12.8. The Morgan fingerprint density at radius 2 is 1.93 bits per heavy atom. The number of amides is 1. The molecule has 2 saturated heterocycles. The van der Waals surface area contributed by atoms with Gasteiger partial charge in [-0.1, -0.05) is 13.3 Å². The quantitative estimate of drug-likeness (QED) is 0.272. The third-order valence-electron chi connectivity index (χ3n) is 5.66. The third-order valence-corrected chi connectivity index (χ3v) is 6.51. The molecule has 10 heteroatoms. The molecule has 1 amide bonds. The monoisotopic (exact) mass is 441 g/mol. The van der Waals surface area contributed by atoms with E-state index in [4.69, 9.17) is 4.74 Å². The van der Waals surface area contributed by atoms with Gasteiger partial charge in [0.15, 0.2) is 0 Å². The predicted molar refractivity (Wildman–Crippen MR) is 103 cm³/mol. The van der Waals surface area contributed by atoms with E-state index < -0.39 is 42.0 Å². The number of nitrogens with one attached hydrogen (secondary N) is 1. The molecule has 5 N–H and O–H groups in total. The second-order valence-electron chi connectivity index (χ2n) is 7.80. The lowest BCUT2D eigenvalue weighted by Crippen LogP contribution is -3.00. The predicted octanol–water partition coefficient (Wildman–Crippen LogP) is -3.85. The summed E-state index contributed by atoms with van der Waals surface area (Å²) < 4.78 is 5.72. The van der Waals surface area contributed by atoms with Crippen molar-refractivity contribution in [1.82, 2.24) is 10.2 Å². The van der Waals surface area contributed by atoms with Crippen LogP contribution >= 0.6 is 11.8 Å². The lowest BCUT2D eigenvalue weighted by Gasteiger charge is -2.44. The minimum Gasteiger partial charge on any atom is -1.00 e. The van der Waals surface area contributed by atoms with Crippen LogP contribution in [0.1, 0.15) is 33.1 Å². The standard InChI is InChI=1S/C18H34N2O6S.ClH/c1-5-6-10-7-11(20(3)8-10)17(25)19-12(9(2)21)16-14(23)13(22)15(24)18(26-16)27-4;/h9-16,18,21-24H,5-8H2,1-4H3,(H,19,25);1H/p-1/t9-,10-,11+,12-,13+,14+,15-,16-,18-;/m1./s1. The van der Waals surface area contributed by atoms with Gasteiger partial charge in [-0.25, -0.2) is 0 Å². The number of hydrogen-bond donors (Lipinski definition) is 5. The van der Waals surface area contributed by atoms with Crippen molar-refractivity contribution in [3.8, 4) is 0 Å². The second-order valence-corrected chi connectivity index (χ2v) is 8.73. The molecule has 0 aromatic carbocycles. The van der Waals surface area contributed by atoms with Crippen LogP contribution in [0.4, 0.5) is 0 Å². The van der Waals surface area contributed by atoms with Crippen molar-refractivity contribution in [1.29, 1.82) is 0 Å². The molecule has 0 bridgehead atoms. The topological polar surface area (TPSA) is 122 Å². The molecule has 2 fully saturated rings. The summed E-state index contributed by atoms with van der Waals surface area (Å²) in [6.45, 7) is 4.48. The van der Waals surface area contributed by atoms with Gasteiger partial charge < -0.3 is 42.9 Å². The van der Waals surface area contributed by atoms with E-state index in [2.05, 4.69) is 12.2 Å². The first-order valence-electron chi connectivity index (χ1n) is 9.62. The summed E-state index contributed by atoms with van der Waals surface area (Å²) in [5.74, 6) is 0.245. The van der Waals surface area contributed by atoms with Crippen molar-refractivity contribution < 1.29 is 42.4 Å². The molecule has 28 heavy (non-hydrogen) atoms. The van der Waals surface area contributed by atoms with Crippen molar-refractivity contribution in [3.05, 3.63) is 0 Å². The maximum absolute atomic E-state index is 12.8. The van der Waals surface area contributed by atoms with Crippen LogP contribution in [0, 0.1) is 5.92 Å². The molecule has 0 aliphatic carbocycles. The van der Waals surface area contributed by atoms with E-state index in [0.29, 0.717) is 5.92 Å². The van der Waals surface area contributed by atoms with Gasteiger partial charge in [0.25, 0.3) is 0 Å². The molecule has 0 saturated carbocycles. The number of ether oxygens (including phenoxy) is 1. The zero-order valence-electron chi connectivity index (χ0n) is 16.9.